The molecule has 0 atom stereocenters. The molecule has 92 valence electrons. The predicted octanol–water partition coefficient (Wildman–Crippen LogP) is 3.37. The van der Waals surface area contributed by atoms with Gasteiger partial charge >= 0.3 is 0 Å². The van der Waals surface area contributed by atoms with Crippen molar-refractivity contribution < 1.29 is 0 Å². The number of benzene rings is 2. The molecule has 2 aromatic rings. The maximum absolute atomic E-state index is 4.22. The molecule has 0 fully saturated rings. The molecule has 18 heavy (non-hydrogen) atoms. The minimum absolute atomic E-state index is 0.754. The lowest BCUT2D eigenvalue weighted by Crippen LogP contribution is -2.05. The molecular weight excluding hydrogens is 220 g/mol. The Kier molecular flexibility index (Phi) is 4.53. The maximum atomic E-state index is 4.22. The third kappa shape index (κ3) is 3.74. The fraction of sp³-hybridized carbons (Fsp3) is 0.188. The van der Waals surface area contributed by atoms with Crippen LogP contribution in [0.3, 0.4) is 0 Å². The summed E-state index contributed by atoms with van der Waals surface area (Å²) in [5.74, 6) is 0. The second-order valence-corrected chi connectivity index (χ2v) is 4.17. The first-order valence-corrected chi connectivity index (χ1v) is 6.27. The van der Waals surface area contributed by atoms with E-state index in [1.165, 1.54) is 11.1 Å². The molecule has 0 aliphatic rings. The zero-order valence-electron chi connectivity index (χ0n) is 10.6. The molecule has 0 radical (unpaired) electrons. The Balaban J connectivity index is 1.84. The first-order chi connectivity index (χ1) is 8.88. The molecule has 0 spiro atoms. The Bertz CT molecular complexity index is 486. The van der Waals surface area contributed by atoms with Crippen LogP contribution in [0.2, 0.25) is 0 Å². The summed E-state index contributed by atoms with van der Waals surface area (Å²) in [6.07, 6.45) is 2.92. The maximum Gasteiger partial charge on any atom is 0.0580 e. The first kappa shape index (κ1) is 12.4. The van der Waals surface area contributed by atoms with Crippen LogP contribution in [-0.4, -0.2) is 6.21 Å². The van der Waals surface area contributed by atoms with Crippen molar-refractivity contribution in [1.82, 2.24) is 5.43 Å². The molecule has 0 saturated heterocycles. The van der Waals surface area contributed by atoms with Crippen molar-refractivity contribution in [3.05, 3.63) is 71.3 Å². The van der Waals surface area contributed by atoms with Crippen molar-refractivity contribution in [1.29, 1.82) is 0 Å². The zero-order chi connectivity index (χ0) is 12.6. The zero-order valence-corrected chi connectivity index (χ0v) is 10.6. The third-order valence-electron chi connectivity index (χ3n) is 2.82. The number of nitrogens with zero attached hydrogens (tertiary/aromatic N) is 1. The van der Waals surface area contributed by atoms with E-state index in [4.69, 9.17) is 0 Å². The SMILES string of the molecule is CCc1ccc(C=NNCc2ccccc2)cc1. The molecule has 2 aromatic carbocycles. The van der Waals surface area contributed by atoms with Crippen LogP contribution in [0, 0.1) is 0 Å². The van der Waals surface area contributed by atoms with Crippen LogP contribution in [-0.2, 0) is 13.0 Å². The quantitative estimate of drug-likeness (QED) is 0.627. The largest absolute Gasteiger partial charge is 0.306 e. The highest BCUT2D eigenvalue weighted by molar-refractivity contribution is 5.79. The van der Waals surface area contributed by atoms with E-state index in [1.54, 1.807) is 0 Å². The van der Waals surface area contributed by atoms with Crippen molar-refractivity contribution >= 4 is 6.21 Å². The average molecular weight is 238 g/mol. The summed E-state index contributed by atoms with van der Waals surface area (Å²) in [6.45, 7) is 2.91. The number of rotatable bonds is 5. The summed E-state index contributed by atoms with van der Waals surface area (Å²) in [4.78, 5) is 0. The molecule has 2 nitrogen and oxygen atoms in total. The van der Waals surface area contributed by atoms with Gasteiger partial charge in [-0.25, -0.2) is 0 Å². The van der Waals surface area contributed by atoms with E-state index in [9.17, 15) is 0 Å². The van der Waals surface area contributed by atoms with Gasteiger partial charge < -0.3 is 5.43 Å². The predicted molar refractivity (Wildman–Crippen MR) is 76.7 cm³/mol. The van der Waals surface area contributed by atoms with Crippen molar-refractivity contribution in [2.75, 3.05) is 0 Å². The van der Waals surface area contributed by atoms with Gasteiger partial charge in [0.25, 0.3) is 0 Å². The molecule has 2 heteroatoms. The Morgan fingerprint density at radius 1 is 0.944 bits per heavy atom. The molecule has 0 unspecified atom stereocenters. The lowest BCUT2D eigenvalue weighted by atomic mass is 10.1. The minimum atomic E-state index is 0.754. The number of hydrazone groups is 1. The lowest BCUT2D eigenvalue weighted by molar-refractivity contribution is 0.748. The van der Waals surface area contributed by atoms with E-state index >= 15 is 0 Å². The molecule has 2 rings (SSSR count). The molecule has 0 saturated carbocycles. The van der Waals surface area contributed by atoms with E-state index in [0.717, 1.165) is 18.5 Å². The number of hydrogen-bond acceptors (Lipinski definition) is 2. The molecule has 0 aliphatic heterocycles. The standard InChI is InChI=1S/C16H18N2/c1-2-14-8-10-16(11-9-14)13-18-17-12-15-6-4-3-5-7-15/h3-11,13,17H,2,12H2,1H3. The number of nitrogens with one attached hydrogen (secondary N) is 1. The van der Waals surface area contributed by atoms with Gasteiger partial charge in [0.15, 0.2) is 0 Å². The molecule has 0 aliphatic carbocycles. The van der Waals surface area contributed by atoms with Gasteiger partial charge in [-0.3, -0.25) is 0 Å². The fourth-order valence-corrected chi connectivity index (χ4v) is 1.69. The molecular formula is C16H18N2. The van der Waals surface area contributed by atoms with Crippen molar-refractivity contribution in [3.8, 4) is 0 Å². The topological polar surface area (TPSA) is 24.4 Å². The van der Waals surface area contributed by atoms with Crippen molar-refractivity contribution in [3.63, 3.8) is 0 Å². The van der Waals surface area contributed by atoms with Crippen molar-refractivity contribution in [2.45, 2.75) is 19.9 Å². The first-order valence-electron chi connectivity index (χ1n) is 6.27. The van der Waals surface area contributed by atoms with Crippen LogP contribution < -0.4 is 5.43 Å². The highest BCUT2D eigenvalue weighted by atomic mass is 15.3. The molecule has 1 N–H and O–H groups in total. The van der Waals surface area contributed by atoms with Crippen LogP contribution in [0.25, 0.3) is 0 Å². The van der Waals surface area contributed by atoms with E-state index < -0.39 is 0 Å². The second-order valence-electron chi connectivity index (χ2n) is 4.17. The minimum Gasteiger partial charge on any atom is -0.306 e. The number of aryl methyl sites for hydroxylation is 1. The van der Waals surface area contributed by atoms with Gasteiger partial charge in [0.2, 0.25) is 0 Å². The van der Waals surface area contributed by atoms with Gasteiger partial charge in [0, 0.05) is 0 Å². The normalized spacial score (nSPS) is 10.7. The van der Waals surface area contributed by atoms with Crippen LogP contribution >= 0.6 is 0 Å². The Hall–Kier alpha value is -2.09. The summed E-state index contributed by atoms with van der Waals surface area (Å²) < 4.78 is 0. The van der Waals surface area contributed by atoms with Gasteiger partial charge in [-0.2, -0.15) is 5.10 Å². The smallest absolute Gasteiger partial charge is 0.0580 e. The fourth-order valence-electron chi connectivity index (χ4n) is 1.69. The second kappa shape index (κ2) is 6.60. The summed E-state index contributed by atoms with van der Waals surface area (Å²) in [7, 11) is 0. The summed E-state index contributed by atoms with van der Waals surface area (Å²) in [5, 5.41) is 4.22. The van der Waals surface area contributed by atoms with Gasteiger partial charge in [0.05, 0.1) is 12.8 Å². The van der Waals surface area contributed by atoms with Gasteiger partial charge in [-0.15, -0.1) is 0 Å². The van der Waals surface area contributed by atoms with E-state index in [0.29, 0.717) is 0 Å². The lowest BCUT2D eigenvalue weighted by Gasteiger charge is -2.00. The van der Waals surface area contributed by atoms with Gasteiger partial charge in [0.1, 0.15) is 0 Å². The van der Waals surface area contributed by atoms with E-state index in [1.807, 2.05) is 24.4 Å². The van der Waals surface area contributed by atoms with Crippen LogP contribution in [0.1, 0.15) is 23.6 Å². The van der Waals surface area contributed by atoms with E-state index in [2.05, 4.69) is 53.8 Å². The summed E-state index contributed by atoms with van der Waals surface area (Å²) >= 11 is 0. The third-order valence-corrected chi connectivity index (χ3v) is 2.82. The Labute approximate surface area is 108 Å². The van der Waals surface area contributed by atoms with Gasteiger partial charge in [-0.1, -0.05) is 61.5 Å². The highest BCUT2D eigenvalue weighted by Crippen LogP contribution is 2.02. The number of hydrogen-bond donors (Lipinski definition) is 1. The highest BCUT2D eigenvalue weighted by Gasteiger charge is 1.90. The molecule has 0 bridgehead atoms. The molecule has 0 amide bonds. The molecule has 0 aromatic heterocycles. The Morgan fingerprint density at radius 2 is 1.67 bits per heavy atom. The van der Waals surface area contributed by atoms with Gasteiger partial charge in [-0.05, 0) is 23.1 Å². The van der Waals surface area contributed by atoms with E-state index in [-0.39, 0.29) is 0 Å². The van der Waals surface area contributed by atoms with Crippen LogP contribution in [0.4, 0.5) is 0 Å². The molecule has 0 heterocycles. The monoisotopic (exact) mass is 238 g/mol. The summed E-state index contributed by atoms with van der Waals surface area (Å²) in [5.41, 5.74) is 6.75. The van der Waals surface area contributed by atoms with Crippen LogP contribution in [0.5, 0.6) is 0 Å². The van der Waals surface area contributed by atoms with Crippen LogP contribution in [0.15, 0.2) is 59.7 Å². The Morgan fingerprint density at radius 3 is 2.33 bits per heavy atom. The van der Waals surface area contributed by atoms with Crippen molar-refractivity contribution in [2.24, 2.45) is 5.10 Å². The average Bonchev–Trinajstić information content (AvgIpc) is 2.45. The summed E-state index contributed by atoms with van der Waals surface area (Å²) in [6, 6.07) is 18.7.